The average molecular weight is 213 g/mol. The lowest BCUT2D eigenvalue weighted by Crippen LogP contribution is -2.41. The van der Waals surface area contributed by atoms with Gasteiger partial charge in [-0.1, -0.05) is 13.8 Å². The lowest BCUT2D eigenvalue weighted by Gasteiger charge is -2.19. The van der Waals surface area contributed by atoms with Gasteiger partial charge in [-0.05, 0) is 5.92 Å². The van der Waals surface area contributed by atoms with E-state index in [0.717, 1.165) is 0 Å². The van der Waals surface area contributed by atoms with Gasteiger partial charge >= 0.3 is 5.69 Å². The summed E-state index contributed by atoms with van der Waals surface area (Å²) in [5.74, 6) is -0.272. The lowest BCUT2D eigenvalue weighted by molar-refractivity contribution is 0.0892. The number of aromatic amines is 2. The second-order valence-corrected chi connectivity index (χ2v) is 3.66. The SMILES string of the molecule is CC(C)[C@@H](CO)NC(=O)c1c[nH]c(=O)[nH]1. The first-order valence-electron chi connectivity index (χ1n) is 4.74. The molecule has 1 rings (SSSR count). The number of aliphatic hydroxyl groups excluding tert-OH is 1. The molecule has 15 heavy (non-hydrogen) atoms. The Balaban J connectivity index is 2.66. The number of carbonyl (C=O) groups is 1. The predicted molar refractivity (Wildman–Crippen MR) is 54.6 cm³/mol. The highest BCUT2D eigenvalue weighted by Gasteiger charge is 2.16. The number of hydrogen-bond donors (Lipinski definition) is 4. The molecule has 0 aliphatic rings. The van der Waals surface area contributed by atoms with Crippen molar-refractivity contribution >= 4 is 5.91 Å². The van der Waals surface area contributed by atoms with Crippen LogP contribution in [-0.2, 0) is 0 Å². The van der Waals surface area contributed by atoms with Crippen molar-refractivity contribution in [2.24, 2.45) is 5.92 Å². The second kappa shape index (κ2) is 4.79. The van der Waals surface area contributed by atoms with Gasteiger partial charge in [0.05, 0.1) is 12.6 Å². The molecule has 0 fully saturated rings. The number of imidazole rings is 1. The largest absolute Gasteiger partial charge is 0.394 e. The van der Waals surface area contributed by atoms with E-state index in [9.17, 15) is 9.59 Å². The van der Waals surface area contributed by atoms with Gasteiger partial charge in [0.15, 0.2) is 0 Å². The van der Waals surface area contributed by atoms with Gasteiger partial charge in [0.2, 0.25) is 0 Å². The molecule has 6 heteroatoms. The molecule has 6 nitrogen and oxygen atoms in total. The standard InChI is InChI=1S/C9H15N3O3/c1-5(2)7(4-13)11-8(14)6-3-10-9(15)12-6/h3,5,7,13H,4H2,1-2H3,(H,11,14)(H2,10,12,15)/t7-/m1/s1. The summed E-state index contributed by atoms with van der Waals surface area (Å²) in [4.78, 5) is 26.9. The zero-order valence-corrected chi connectivity index (χ0v) is 8.70. The van der Waals surface area contributed by atoms with Crippen LogP contribution >= 0.6 is 0 Å². The molecule has 0 aromatic carbocycles. The molecule has 0 spiro atoms. The summed E-state index contributed by atoms with van der Waals surface area (Å²) in [6.07, 6.45) is 1.30. The van der Waals surface area contributed by atoms with E-state index in [1.54, 1.807) is 0 Å². The van der Waals surface area contributed by atoms with Crippen molar-refractivity contribution in [1.29, 1.82) is 0 Å². The fraction of sp³-hybridized carbons (Fsp3) is 0.556. The number of nitrogens with one attached hydrogen (secondary N) is 3. The van der Waals surface area contributed by atoms with Crippen LogP contribution in [0, 0.1) is 5.92 Å². The summed E-state index contributed by atoms with van der Waals surface area (Å²) in [6.45, 7) is 3.65. The number of H-pyrrole nitrogens is 2. The van der Waals surface area contributed by atoms with E-state index in [1.807, 2.05) is 13.8 Å². The fourth-order valence-electron chi connectivity index (χ4n) is 1.12. The molecule has 1 atom stereocenters. The fourth-order valence-corrected chi connectivity index (χ4v) is 1.12. The van der Waals surface area contributed by atoms with Crippen molar-refractivity contribution < 1.29 is 9.90 Å². The first kappa shape index (κ1) is 11.5. The molecule has 0 radical (unpaired) electrons. The number of hydrogen-bond acceptors (Lipinski definition) is 3. The van der Waals surface area contributed by atoms with E-state index in [-0.39, 0.29) is 24.3 Å². The molecule has 0 aliphatic carbocycles. The van der Waals surface area contributed by atoms with Crippen LogP contribution in [0.1, 0.15) is 24.3 Å². The van der Waals surface area contributed by atoms with Crippen LogP contribution in [0.3, 0.4) is 0 Å². The summed E-state index contributed by atoms with van der Waals surface area (Å²) in [7, 11) is 0. The normalized spacial score (nSPS) is 12.8. The van der Waals surface area contributed by atoms with E-state index < -0.39 is 11.6 Å². The predicted octanol–water partition coefficient (Wildman–Crippen LogP) is -0.550. The molecule has 1 heterocycles. The van der Waals surface area contributed by atoms with Crippen LogP contribution in [0.25, 0.3) is 0 Å². The van der Waals surface area contributed by atoms with Crippen molar-refractivity contribution in [3.8, 4) is 0 Å². The van der Waals surface area contributed by atoms with Gasteiger partial charge in [-0.2, -0.15) is 0 Å². The van der Waals surface area contributed by atoms with Crippen molar-refractivity contribution in [3.63, 3.8) is 0 Å². The number of aromatic nitrogens is 2. The smallest absolute Gasteiger partial charge is 0.323 e. The molecule has 84 valence electrons. The van der Waals surface area contributed by atoms with Crippen molar-refractivity contribution in [2.75, 3.05) is 6.61 Å². The molecule has 0 saturated carbocycles. The Labute approximate surface area is 86.7 Å². The van der Waals surface area contributed by atoms with Crippen LogP contribution in [0.15, 0.2) is 11.0 Å². The van der Waals surface area contributed by atoms with Gasteiger partial charge in [0.1, 0.15) is 5.69 Å². The molecule has 1 aromatic heterocycles. The zero-order chi connectivity index (χ0) is 11.4. The third kappa shape index (κ3) is 2.95. The first-order chi connectivity index (χ1) is 7.04. The quantitative estimate of drug-likeness (QED) is 0.540. The van der Waals surface area contributed by atoms with Crippen LogP contribution in [0.5, 0.6) is 0 Å². The van der Waals surface area contributed by atoms with Gasteiger partial charge in [0, 0.05) is 6.20 Å². The van der Waals surface area contributed by atoms with Gasteiger partial charge in [-0.15, -0.1) is 0 Å². The summed E-state index contributed by atoms with van der Waals surface area (Å²) < 4.78 is 0. The summed E-state index contributed by atoms with van der Waals surface area (Å²) in [5, 5.41) is 11.6. The zero-order valence-electron chi connectivity index (χ0n) is 8.70. The Hall–Kier alpha value is -1.56. The molecular weight excluding hydrogens is 198 g/mol. The molecule has 0 unspecified atom stereocenters. The van der Waals surface area contributed by atoms with Crippen LogP contribution < -0.4 is 11.0 Å². The maximum Gasteiger partial charge on any atom is 0.323 e. The molecule has 0 saturated heterocycles. The van der Waals surface area contributed by atoms with E-state index in [0.29, 0.717) is 0 Å². The maximum absolute atomic E-state index is 11.5. The number of carbonyl (C=O) groups excluding carboxylic acids is 1. The Kier molecular flexibility index (Phi) is 3.68. The minimum Gasteiger partial charge on any atom is -0.394 e. The number of aliphatic hydroxyl groups is 1. The summed E-state index contributed by atoms with van der Waals surface area (Å²) in [5.41, 5.74) is -0.260. The van der Waals surface area contributed by atoms with E-state index in [2.05, 4.69) is 15.3 Å². The summed E-state index contributed by atoms with van der Waals surface area (Å²) >= 11 is 0. The van der Waals surface area contributed by atoms with Crippen LogP contribution in [0.2, 0.25) is 0 Å². The highest BCUT2D eigenvalue weighted by molar-refractivity contribution is 5.92. The Morgan fingerprint density at radius 2 is 2.27 bits per heavy atom. The Bertz CT molecular complexity index is 380. The third-order valence-corrected chi connectivity index (χ3v) is 2.16. The molecular formula is C9H15N3O3. The van der Waals surface area contributed by atoms with Crippen molar-refractivity contribution in [1.82, 2.24) is 15.3 Å². The number of rotatable bonds is 4. The van der Waals surface area contributed by atoms with E-state index in [1.165, 1.54) is 6.20 Å². The second-order valence-electron chi connectivity index (χ2n) is 3.66. The third-order valence-electron chi connectivity index (χ3n) is 2.16. The topological polar surface area (TPSA) is 98.0 Å². The van der Waals surface area contributed by atoms with E-state index >= 15 is 0 Å². The molecule has 0 aliphatic heterocycles. The van der Waals surface area contributed by atoms with Crippen molar-refractivity contribution in [3.05, 3.63) is 22.4 Å². The van der Waals surface area contributed by atoms with Gasteiger partial charge in [-0.25, -0.2) is 4.79 Å². The van der Waals surface area contributed by atoms with Crippen molar-refractivity contribution in [2.45, 2.75) is 19.9 Å². The van der Waals surface area contributed by atoms with Gasteiger partial charge < -0.3 is 20.4 Å². The lowest BCUT2D eigenvalue weighted by atomic mass is 10.1. The molecule has 1 amide bonds. The molecule has 1 aromatic rings. The average Bonchev–Trinajstić information content (AvgIpc) is 2.60. The monoisotopic (exact) mass is 213 g/mol. The molecule has 4 N–H and O–H groups in total. The molecule has 0 bridgehead atoms. The highest BCUT2D eigenvalue weighted by Crippen LogP contribution is 2.01. The summed E-state index contributed by atoms with van der Waals surface area (Å²) in [6, 6.07) is -0.309. The Morgan fingerprint density at radius 3 is 2.67 bits per heavy atom. The number of amides is 1. The van der Waals surface area contributed by atoms with Gasteiger partial charge in [0.25, 0.3) is 5.91 Å². The van der Waals surface area contributed by atoms with E-state index in [4.69, 9.17) is 5.11 Å². The Morgan fingerprint density at radius 1 is 1.60 bits per heavy atom. The highest BCUT2D eigenvalue weighted by atomic mass is 16.3. The maximum atomic E-state index is 11.5. The minimum absolute atomic E-state index is 0.127. The van der Waals surface area contributed by atoms with Crippen LogP contribution in [0.4, 0.5) is 0 Å². The first-order valence-corrected chi connectivity index (χ1v) is 4.74. The van der Waals surface area contributed by atoms with Crippen LogP contribution in [-0.4, -0.2) is 33.6 Å². The minimum atomic E-state index is -0.426. The van der Waals surface area contributed by atoms with Gasteiger partial charge in [-0.3, -0.25) is 4.79 Å².